The highest BCUT2D eigenvalue weighted by Gasteiger charge is 2.34. The Kier molecular flexibility index (Phi) is 6.94. The number of carbonyl (C=O) groups excluding carboxylic acids is 1. The summed E-state index contributed by atoms with van der Waals surface area (Å²) in [6, 6.07) is 11.9. The van der Waals surface area contributed by atoms with E-state index in [9.17, 15) is 18.0 Å². The number of anilines is 1. The fraction of sp³-hybridized carbons (Fsp3) is 0.296. The minimum absolute atomic E-state index is 0.0594. The van der Waals surface area contributed by atoms with E-state index in [1.807, 2.05) is 24.3 Å². The van der Waals surface area contributed by atoms with Gasteiger partial charge in [0.1, 0.15) is 5.82 Å². The maximum atomic E-state index is 13.5. The first-order chi connectivity index (χ1) is 18.7. The molecule has 0 spiro atoms. The highest BCUT2D eigenvalue weighted by molar-refractivity contribution is 5.76. The first-order valence-electron chi connectivity index (χ1n) is 12.3. The smallest absolute Gasteiger partial charge is 0.419 e. The van der Waals surface area contributed by atoms with Gasteiger partial charge in [-0.15, -0.1) is 0 Å². The molecule has 204 valence electrons. The van der Waals surface area contributed by atoms with Crippen LogP contribution in [-0.2, 0) is 6.18 Å². The maximum Gasteiger partial charge on any atom is 0.419 e. The van der Waals surface area contributed by atoms with Gasteiger partial charge in [-0.2, -0.15) is 18.3 Å². The lowest BCUT2D eigenvalue weighted by Crippen LogP contribution is -2.29. The summed E-state index contributed by atoms with van der Waals surface area (Å²) >= 11 is 0. The molecule has 0 unspecified atom stereocenters. The zero-order chi connectivity index (χ0) is 27.7. The zero-order valence-electron chi connectivity index (χ0n) is 21.4. The lowest BCUT2D eigenvalue weighted by Gasteiger charge is -2.15. The van der Waals surface area contributed by atoms with Crippen LogP contribution in [0.15, 0.2) is 48.7 Å². The summed E-state index contributed by atoms with van der Waals surface area (Å²) in [6.45, 7) is 4.16. The predicted molar refractivity (Wildman–Crippen MR) is 140 cm³/mol. The van der Waals surface area contributed by atoms with Crippen molar-refractivity contribution in [1.29, 1.82) is 0 Å². The van der Waals surface area contributed by atoms with Gasteiger partial charge < -0.3 is 25.4 Å². The monoisotopic (exact) mass is 540 g/mol. The number of nitrogen functional groups attached to an aromatic ring is 1. The number of rotatable bonds is 8. The van der Waals surface area contributed by atoms with E-state index < -0.39 is 17.6 Å². The number of nitrogens with two attached hydrogens (primary N) is 1. The van der Waals surface area contributed by atoms with Crippen LogP contribution in [0.2, 0.25) is 0 Å². The van der Waals surface area contributed by atoms with E-state index in [-0.39, 0.29) is 11.6 Å². The zero-order valence-corrected chi connectivity index (χ0v) is 21.4. The lowest BCUT2D eigenvalue weighted by atomic mass is 10.1. The number of ether oxygens (including phenoxy) is 2. The van der Waals surface area contributed by atoms with Crippen LogP contribution in [0.4, 0.5) is 23.8 Å². The summed E-state index contributed by atoms with van der Waals surface area (Å²) in [5.74, 6) is 0.488. The molecule has 0 saturated carbocycles. The van der Waals surface area contributed by atoms with Crippen molar-refractivity contribution in [3.05, 3.63) is 59.8 Å². The van der Waals surface area contributed by atoms with Crippen molar-refractivity contribution >= 4 is 17.4 Å². The molecule has 4 heterocycles. The Morgan fingerprint density at radius 3 is 2.64 bits per heavy atom. The molecule has 3 aromatic heterocycles. The molecular formula is C27H27F3N6O3. The molecule has 12 heteroatoms. The number of aromatic nitrogens is 3. The summed E-state index contributed by atoms with van der Waals surface area (Å²) in [4.78, 5) is 17.2. The highest BCUT2D eigenvalue weighted by Crippen LogP contribution is 2.37. The van der Waals surface area contributed by atoms with Crippen LogP contribution >= 0.6 is 0 Å². The molecule has 0 radical (unpaired) electrons. The van der Waals surface area contributed by atoms with Crippen LogP contribution in [0, 0.1) is 6.92 Å². The van der Waals surface area contributed by atoms with Crippen molar-refractivity contribution in [2.45, 2.75) is 19.5 Å². The largest absolute Gasteiger partial charge is 0.493 e. The summed E-state index contributed by atoms with van der Waals surface area (Å²) < 4.78 is 53.5. The third-order valence-corrected chi connectivity index (χ3v) is 6.55. The van der Waals surface area contributed by atoms with E-state index in [0.29, 0.717) is 55.5 Å². The highest BCUT2D eigenvalue weighted by atomic mass is 19.4. The van der Waals surface area contributed by atoms with Crippen molar-refractivity contribution in [1.82, 2.24) is 24.8 Å². The fourth-order valence-electron chi connectivity index (χ4n) is 4.62. The van der Waals surface area contributed by atoms with Gasteiger partial charge in [0.2, 0.25) is 0 Å². The first-order valence-corrected chi connectivity index (χ1v) is 12.3. The van der Waals surface area contributed by atoms with Gasteiger partial charge in [0.15, 0.2) is 11.5 Å². The van der Waals surface area contributed by atoms with Gasteiger partial charge >= 0.3 is 12.2 Å². The number of nitrogens with one attached hydrogen (secondary N) is 1. The average molecular weight is 541 g/mol. The number of amides is 2. The van der Waals surface area contributed by atoms with E-state index >= 15 is 0 Å². The van der Waals surface area contributed by atoms with Crippen LogP contribution in [0.5, 0.6) is 11.5 Å². The molecule has 1 aliphatic rings. The van der Waals surface area contributed by atoms with Crippen molar-refractivity contribution in [2.24, 2.45) is 0 Å². The number of benzene rings is 1. The second-order valence-corrected chi connectivity index (χ2v) is 9.17. The minimum atomic E-state index is -4.63. The molecule has 3 N–H and O–H groups in total. The molecular weight excluding hydrogens is 513 g/mol. The van der Waals surface area contributed by atoms with E-state index in [0.717, 1.165) is 22.7 Å². The molecule has 1 fully saturated rings. The Balaban J connectivity index is 1.41. The predicted octanol–water partition coefficient (Wildman–Crippen LogP) is 4.78. The molecule has 9 nitrogen and oxygen atoms in total. The Labute approximate surface area is 222 Å². The second-order valence-electron chi connectivity index (χ2n) is 9.17. The third kappa shape index (κ3) is 5.27. The minimum Gasteiger partial charge on any atom is -0.493 e. The molecule has 1 aliphatic heterocycles. The number of pyridine rings is 1. The summed E-state index contributed by atoms with van der Waals surface area (Å²) in [5, 5.41) is 7.49. The Hall–Kier alpha value is -4.48. The van der Waals surface area contributed by atoms with Gasteiger partial charge in [-0.25, -0.2) is 14.3 Å². The number of alkyl halides is 3. The molecule has 1 saturated heterocycles. The molecule has 2 amide bonds. The second kappa shape index (κ2) is 10.4. The Bertz CT molecular complexity index is 1540. The van der Waals surface area contributed by atoms with Gasteiger partial charge in [0.25, 0.3) is 0 Å². The van der Waals surface area contributed by atoms with Crippen LogP contribution in [-0.4, -0.2) is 58.9 Å². The van der Waals surface area contributed by atoms with Crippen LogP contribution in [0.3, 0.4) is 0 Å². The molecule has 0 bridgehead atoms. The summed E-state index contributed by atoms with van der Waals surface area (Å²) in [6.07, 6.45) is -2.64. The van der Waals surface area contributed by atoms with E-state index in [4.69, 9.17) is 20.3 Å². The SMILES string of the molecule is COc1cc(-c2ccc3cc(C)c(-c4cnc(N)c(C(F)(F)F)c4)n3n2)ccc1OCCCN1CCNC1=O. The fourth-order valence-corrected chi connectivity index (χ4v) is 4.62. The number of aryl methyl sites for hydroxylation is 1. The molecule has 1 aromatic carbocycles. The standard InChI is InChI=1S/C27H27F3N6O3/c1-16-12-19-5-6-21(34-36(19)24(16)18-13-20(27(28,29)30)25(31)33-15-18)17-4-7-22(23(14-17)38-2)39-11-3-9-35-10-8-32-26(35)37/h4-7,12-15H,3,8-11H2,1-2H3,(H2,31,33)(H,32,37). The van der Waals surface area contributed by atoms with Crippen LogP contribution in [0.25, 0.3) is 28.0 Å². The van der Waals surface area contributed by atoms with E-state index in [1.165, 1.54) is 13.3 Å². The maximum absolute atomic E-state index is 13.5. The Morgan fingerprint density at radius 1 is 1.10 bits per heavy atom. The van der Waals surface area contributed by atoms with E-state index in [2.05, 4.69) is 10.3 Å². The van der Waals surface area contributed by atoms with Gasteiger partial charge in [0, 0.05) is 37.0 Å². The number of carbonyl (C=O) groups is 1. The lowest BCUT2D eigenvalue weighted by molar-refractivity contribution is -0.137. The van der Waals surface area contributed by atoms with E-state index in [1.54, 1.807) is 28.5 Å². The number of hydrogen-bond acceptors (Lipinski definition) is 6. The van der Waals surface area contributed by atoms with Crippen LogP contribution < -0.4 is 20.5 Å². The van der Waals surface area contributed by atoms with Gasteiger partial charge in [-0.1, -0.05) is 0 Å². The van der Waals surface area contributed by atoms with Crippen molar-refractivity contribution in [2.75, 3.05) is 39.1 Å². The number of nitrogens with zero attached hydrogens (tertiary/aromatic N) is 4. The Morgan fingerprint density at radius 2 is 1.92 bits per heavy atom. The number of urea groups is 1. The average Bonchev–Trinajstić information content (AvgIpc) is 3.47. The molecule has 4 aromatic rings. The summed E-state index contributed by atoms with van der Waals surface area (Å²) in [5.41, 5.74) is 8.03. The molecule has 0 aliphatic carbocycles. The topological polar surface area (TPSA) is 107 Å². The third-order valence-electron chi connectivity index (χ3n) is 6.55. The summed E-state index contributed by atoms with van der Waals surface area (Å²) in [7, 11) is 1.54. The van der Waals surface area contributed by atoms with Gasteiger partial charge in [-0.05, 0) is 61.4 Å². The van der Waals surface area contributed by atoms with Crippen molar-refractivity contribution in [3.63, 3.8) is 0 Å². The van der Waals surface area contributed by atoms with Gasteiger partial charge in [0.05, 0.1) is 36.2 Å². The van der Waals surface area contributed by atoms with Crippen molar-refractivity contribution < 1.29 is 27.4 Å². The molecule has 0 atom stereocenters. The molecule has 5 rings (SSSR count). The molecule has 39 heavy (non-hydrogen) atoms. The van der Waals surface area contributed by atoms with Gasteiger partial charge in [-0.3, -0.25) is 0 Å². The van der Waals surface area contributed by atoms with Crippen molar-refractivity contribution in [3.8, 4) is 34.0 Å². The number of methoxy groups -OCH3 is 1. The number of fused-ring (bicyclic) bond motifs is 1. The van der Waals surface area contributed by atoms with Crippen LogP contribution in [0.1, 0.15) is 17.5 Å². The normalized spacial score (nSPS) is 13.7. The number of halogens is 3. The number of hydrogen-bond donors (Lipinski definition) is 2. The quantitative estimate of drug-likeness (QED) is 0.312. The first kappa shape index (κ1) is 26.1.